The van der Waals surface area contributed by atoms with Crippen LogP contribution in [0.4, 0.5) is 0 Å². The molecule has 0 amide bonds. The van der Waals surface area contributed by atoms with Gasteiger partial charge in [-0.3, -0.25) is 0 Å². The van der Waals surface area contributed by atoms with Gasteiger partial charge in [-0.25, -0.2) is 22.9 Å². The molecule has 1 saturated heterocycles. The zero-order chi connectivity index (χ0) is 14.1. The summed E-state index contributed by atoms with van der Waals surface area (Å²) in [6.45, 7) is 3.21. The smallest absolute Gasteiger partial charge is 0.358 e. The third kappa shape index (κ3) is 2.94. The van der Waals surface area contributed by atoms with Gasteiger partial charge in [-0.2, -0.15) is 0 Å². The molecule has 19 heavy (non-hydrogen) atoms. The SMILES string of the molecule is COC(=O)c1ncsc1S(=O)(=O)NCC1(C)COC1. The number of carbonyl (C=O) groups is 1. The van der Waals surface area contributed by atoms with E-state index in [0.29, 0.717) is 13.2 Å². The Balaban J connectivity index is 2.15. The van der Waals surface area contributed by atoms with Crippen LogP contribution in [0.5, 0.6) is 0 Å². The van der Waals surface area contributed by atoms with Gasteiger partial charge in [0.2, 0.25) is 0 Å². The van der Waals surface area contributed by atoms with Gasteiger partial charge in [0.25, 0.3) is 10.0 Å². The second kappa shape index (κ2) is 5.16. The minimum atomic E-state index is -3.76. The van der Waals surface area contributed by atoms with Gasteiger partial charge in [-0.1, -0.05) is 6.92 Å². The minimum Gasteiger partial charge on any atom is -0.464 e. The van der Waals surface area contributed by atoms with Crippen LogP contribution in [0.1, 0.15) is 17.4 Å². The second-order valence-corrected chi connectivity index (χ2v) is 7.43. The van der Waals surface area contributed by atoms with E-state index in [4.69, 9.17) is 4.74 Å². The number of carbonyl (C=O) groups excluding carboxylic acids is 1. The van der Waals surface area contributed by atoms with Gasteiger partial charge in [-0.05, 0) is 0 Å². The van der Waals surface area contributed by atoms with Gasteiger partial charge >= 0.3 is 5.97 Å². The van der Waals surface area contributed by atoms with Gasteiger partial charge < -0.3 is 9.47 Å². The van der Waals surface area contributed by atoms with Crippen molar-refractivity contribution in [3.63, 3.8) is 0 Å². The molecule has 1 aliphatic heterocycles. The molecule has 1 N–H and O–H groups in total. The predicted molar refractivity (Wildman–Crippen MR) is 67.6 cm³/mol. The summed E-state index contributed by atoms with van der Waals surface area (Å²) in [7, 11) is -2.58. The molecule has 0 bridgehead atoms. The lowest BCUT2D eigenvalue weighted by Crippen LogP contribution is -2.48. The van der Waals surface area contributed by atoms with Crippen molar-refractivity contribution in [2.75, 3.05) is 26.9 Å². The van der Waals surface area contributed by atoms with E-state index in [1.807, 2.05) is 6.92 Å². The van der Waals surface area contributed by atoms with Crippen molar-refractivity contribution in [2.24, 2.45) is 5.41 Å². The van der Waals surface area contributed by atoms with Gasteiger partial charge in [0.1, 0.15) is 0 Å². The molecule has 1 aromatic rings. The number of nitrogens with zero attached hydrogens (tertiary/aromatic N) is 1. The molecule has 2 heterocycles. The Bertz CT molecular complexity index is 576. The Labute approximate surface area is 115 Å². The fourth-order valence-corrected chi connectivity index (χ4v) is 3.92. The highest BCUT2D eigenvalue weighted by Crippen LogP contribution is 2.27. The topological polar surface area (TPSA) is 94.6 Å². The number of ether oxygens (including phenoxy) is 2. The molecule has 0 aliphatic carbocycles. The summed E-state index contributed by atoms with van der Waals surface area (Å²) in [4.78, 5) is 15.2. The van der Waals surface area contributed by atoms with Crippen molar-refractivity contribution in [3.05, 3.63) is 11.2 Å². The maximum atomic E-state index is 12.1. The fraction of sp³-hybridized carbons (Fsp3) is 0.600. The van der Waals surface area contributed by atoms with Gasteiger partial charge in [-0.15, -0.1) is 11.3 Å². The molecule has 1 aliphatic rings. The van der Waals surface area contributed by atoms with Crippen molar-refractivity contribution in [1.82, 2.24) is 9.71 Å². The Kier molecular flexibility index (Phi) is 3.90. The Hall–Kier alpha value is -1.03. The van der Waals surface area contributed by atoms with E-state index in [2.05, 4.69) is 14.4 Å². The zero-order valence-electron chi connectivity index (χ0n) is 10.5. The lowest BCUT2D eigenvalue weighted by atomic mass is 9.89. The third-order valence-electron chi connectivity index (χ3n) is 2.75. The van der Waals surface area contributed by atoms with Crippen LogP contribution in [-0.2, 0) is 19.5 Å². The zero-order valence-corrected chi connectivity index (χ0v) is 12.1. The lowest BCUT2D eigenvalue weighted by molar-refractivity contribution is -0.0965. The molecular weight excluding hydrogens is 292 g/mol. The van der Waals surface area contributed by atoms with Crippen LogP contribution in [0.15, 0.2) is 9.72 Å². The van der Waals surface area contributed by atoms with Crippen molar-refractivity contribution in [3.8, 4) is 0 Å². The number of hydrogen-bond donors (Lipinski definition) is 1. The molecule has 0 atom stereocenters. The summed E-state index contributed by atoms with van der Waals surface area (Å²) in [5.74, 6) is -0.764. The third-order valence-corrected chi connectivity index (χ3v) is 5.52. The Morgan fingerprint density at radius 3 is 2.84 bits per heavy atom. The van der Waals surface area contributed by atoms with E-state index < -0.39 is 16.0 Å². The molecule has 1 aromatic heterocycles. The number of rotatable bonds is 5. The van der Waals surface area contributed by atoms with Crippen LogP contribution < -0.4 is 4.72 Å². The number of hydrogen-bond acceptors (Lipinski definition) is 7. The van der Waals surface area contributed by atoms with E-state index in [0.717, 1.165) is 11.3 Å². The van der Waals surface area contributed by atoms with Crippen LogP contribution in [-0.4, -0.2) is 46.2 Å². The average Bonchev–Trinajstić information content (AvgIpc) is 2.83. The highest BCUT2D eigenvalue weighted by molar-refractivity contribution is 7.91. The monoisotopic (exact) mass is 306 g/mol. The first-order valence-electron chi connectivity index (χ1n) is 5.47. The molecule has 9 heteroatoms. The maximum Gasteiger partial charge on any atom is 0.358 e. The number of sulfonamides is 1. The first-order valence-corrected chi connectivity index (χ1v) is 7.83. The molecule has 1 fully saturated rings. The average molecular weight is 306 g/mol. The largest absolute Gasteiger partial charge is 0.464 e. The maximum absolute atomic E-state index is 12.1. The van der Waals surface area contributed by atoms with Gasteiger partial charge in [0.05, 0.1) is 25.8 Å². The number of esters is 1. The standard InChI is InChI=1S/C10H14N2O5S2/c1-10(4-17-5-10)3-12-19(14,15)9-7(8(13)16-2)11-6-18-9/h6,12H,3-5H2,1-2H3. The number of thiazole rings is 1. The molecule has 106 valence electrons. The van der Waals surface area contributed by atoms with Crippen molar-refractivity contribution in [2.45, 2.75) is 11.1 Å². The van der Waals surface area contributed by atoms with Crippen LogP contribution in [0.2, 0.25) is 0 Å². The van der Waals surface area contributed by atoms with E-state index >= 15 is 0 Å². The molecule has 7 nitrogen and oxygen atoms in total. The summed E-state index contributed by atoms with van der Waals surface area (Å²) < 4.78 is 36.2. The summed E-state index contributed by atoms with van der Waals surface area (Å²) in [5.41, 5.74) is 0.924. The highest BCUT2D eigenvalue weighted by Gasteiger charge is 2.36. The normalized spacial score (nSPS) is 17.8. The van der Waals surface area contributed by atoms with Crippen molar-refractivity contribution in [1.29, 1.82) is 0 Å². The number of nitrogens with one attached hydrogen (secondary N) is 1. The van der Waals surface area contributed by atoms with Gasteiger partial charge in [0, 0.05) is 12.0 Å². The fourth-order valence-electron chi connectivity index (χ4n) is 1.55. The summed E-state index contributed by atoms with van der Waals surface area (Å²) in [6, 6.07) is 0. The van der Waals surface area contributed by atoms with E-state index in [-0.39, 0.29) is 21.9 Å². The first-order chi connectivity index (χ1) is 8.88. The van der Waals surface area contributed by atoms with Crippen molar-refractivity contribution < 1.29 is 22.7 Å². The summed E-state index contributed by atoms with van der Waals surface area (Å²) >= 11 is 0.883. The Morgan fingerprint density at radius 1 is 1.63 bits per heavy atom. The molecule has 0 aromatic carbocycles. The molecule has 0 spiro atoms. The first kappa shape index (κ1) is 14.4. The minimum absolute atomic E-state index is 0.122. The van der Waals surface area contributed by atoms with E-state index in [1.54, 1.807) is 0 Å². The van der Waals surface area contributed by atoms with Crippen molar-refractivity contribution >= 4 is 27.3 Å². The molecule has 2 rings (SSSR count). The van der Waals surface area contributed by atoms with Crippen LogP contribution in [0.3, 0.4) is 0 Å². The summed E-state index contributed by atoms with van der Waals surface area (Å²) in [6.07, 6.45) is 0. The van der Waals surface area contributed by atoms with Crippen LogP contribution in [0.25, 0.3) is 0 Å². The van der Waals surface area contributed by atoms with E-state index in [1.165, 1.54) is 12.6 Å². The molecule has 0 unspecified atom stereocenters. The number of methoxy groups -OCH3 is 1. The quantitative estimate of drug-likeness (QED) is 0.783. The van der Waals surface area contributed by atoms with Crippen LogP contribution >= 0.6 is 11.3 Å². The Morgan fingerprint density at radius 2 is 2.32 bits per heavy atom. The summed E-state index contributed by atoms with van der Waals surface area (Å²) in [5, 5.41) is 0. The van der Waals surface area contributed by atoms with E-state index in [9.17, 15) is 13.2 Å². The predicted octanol–water partition coefficient (Wildman–Crippen LogP) is 0.245. The van der Waals surface area contributed by atoms with Gasteiger partial charge in [0.15, 0.2) is 9.90 Å². The lowest BCUT2D eigenvalue weighted by Gasteiger charge is -2.37. The molecule has 0 radical (unpaired) electrons. The van der Waals surface area contributed by atoms with Crippen LogP contribution in [0, 0.1) is 5.41 Å². The molecular formula is C10H14N2O5S2. The number of aromatic nitrogens is 1. The highest BCUT2D eigenvalue weighted by atomic mass is 32.2. The second-order valence-electron chi connectivity index (χ2n) is 4.61. The molecule has 0 saturated carbocycles.